The van der Waals surface area contributed by atoms with Gasteiger partial charge in [0.25, 0.3) is 5.91 Å². The highest BCUT2D eigenvalue weighted by Crippen LogP contribution is 2.25. The maximum absolute atomic E-state index is 12.9. The number of carbonyl (C=O) groups excluding carboxylic acids is 1. The normalized spacial score (nSPS) is 12.6. The molecule has 33 heavy (non-hydrogen) atoms. The Kier molecular flexibility index (Phi) is 8.22. The van der Waals surface area contributed by atoms with E-state index in [4.69, 9.17) is 20.8 Å². The van der Waals surface area contributed by atoms with Gasteiger partial charge in [0, 0.05) is 5.02 Å². The maximum Gasteiger partial charge on any atom is 0.287 e. The first-order chi connectivity index (χ1) is 15.6. The average Bonchev–Trinajstić information content (AvgIpc) is 3.24. The van der Waals surface area contributed by atoms with Gasteiger partial charge in [0.05, 0.1) is 6.04 Å². The molecule has 2 aromatic carbocycles. The minimum atomic E-state index is -0.255. The number of carbonyl (C=O) groups is 1. The fraction of sp³-hybridized carbons (Fsp3) is 0.370. The molecular weight excluding hydrogens is 436 g/mol. The summed E-state index contributed by atoms with van der Waals surface area (Å²) in [5.74, 6) is 1.36. The van der Waals surface area contributed by atoms with E-state index in [9.17, 15) is 4.79 Å². The van der Waals surface area contributed by atoms with Gasteiger partial charge in [-0.15, -0.1) is 0 Å². The van der Waals surface area contributed by atoms with Crippen LogP contribution in [-0.4, -0.2) is 31.4 Å². The van der Waals surface area contributed by atoms with Crippen LogP contribution >= 0.6 is 11.6 Å². The Hall–Kier alpha value is -2.76. The Morgan fingerprint density at radius 3 is 2.30 bits per heavy atom. The lowest BCUT2D eigenvalue weighted by Crippen LogP contribution is -2.30. The summed E-state index contributed by atoms with van der Waals surface area (Å²) in [6, 6.07) is 18.9. The highest BCUT2D eigenvalue weighted by atomic mass is 35.5. The van der Waals surface area contributed by atoms with Gasteiger partial charge < -0.3 is 19.4 Å². The Morgan fingerprint density at radius 1 is 1.03 bits per heavy atom. The van der Waals surface area contributed by atoms with Crippen molar-refractivity contribution in [1.29, 1.82) is 0 Å². The summed E-state index contributed by atoms with van der Waals surface area (Å²) in [6.07, 6.45) is 0.765. The first kappa shape index (κ1) is 24.9. The summed E-state index contributed by atoms with van der Waals surface area (Å²) in [5, 5.41) is 3.76. The van der Waals surface area contributed by atoms with Crippen LogP contribution in [-0.2, 0) is 12.0 Å². The molecule has 1 amide bonds. The van der Waals surface area contributed by atoms with Crippen molar-refractivity contribution in [3.05, 3.63) is 88.3 Å². The van der Waals surface area contributed by atoms with E-state index in [2.05, 4.69) is 43.1 Å². The summed E-state index contributed by atoms with van der Waals surface area (Å²) < 4.78 is 11.6. The van der Waals surface area contributed by atoms with Crippen LogP contribution in [0.3, 0.4) is 0 Å². The Bertz CT molecular complexity index is 1030. The van der Waals surface area contributed by atoms with Gasteiger partial charge in [-0.1, -0.05) is 56.6 Å². The van der Waals surface area contributed by atoms with Crippen molar-refractivity contribution in [3.63, 3.8) is 0 Å². The number of rotatable bonds is 9. The van der Waals surface area contributed by atoms with Gasteiger partial charge in [-0.2, -0.15) is 0 Å². The first-order valence-corrected chi connectivity index (χ1v) is 11.5. The molecule has 0 saturated heterocycles. The Labute approximate surface area is 201 Å². The number of benzene rings is 2. The van der Waals surface area contributed by atoms with Crippen molar-refractivity contribution in [1.82, 2.24) is 10.2 Å². The molecule has 3 aromatic rings. The van der Waals surface area contributed by atoms with Crippen LogP contribution in [0, 0.1) is 0 Å². The second-order valence-corrected chi connectivity index (χ2v) is 9.93. The van der Waals surface area contributed by atoms with Gasteiger partial charge >= 0.3 is 0 Å². The predicted molar refractivity (Wildman–Crippen MR) is 133 cm³/mol. The SMILES string of the molecule is CN(C)CCC(NC(=O)c1ccc(COc2ccc(C(C)(C)C)cc2)o1)c1ccc(Cl)cc1. The lowest BCUT2D eigenvalue weighted by atomic mass is 9.87. The van der Waals surface area contributed by atoms with Crippen LogP contribution in [0.4, 0.5) is 0 Å². The van der Waals surface area contributed by atoms with Crippen molar-refractivity contribution in [2.24, 2.45) is 0 Å². The van der Waals surface area contributed by atoms with Crippen LogP contribution in [0.1, 0.15) is 60.7 Å². The second-order valence-electron chi connectivity index (χ2n) is 9.50. The van der Waals surface area contributed by atoms with Crippen LogP contribution in [0.15, 0.2) is 65.1 Å². The van der Waals surface area contributed by atoms with Gasteiger partial charge in [-0.05, 0) is 80.0 Å². The van der Waals surface area contributed by atoms with Crippen LogP contribution in [0.25, 0.3) is 0 Å². The van der Waals surface area contributed by atoms with Crippen molar-refractivity contribution in [2.75, 3.05) is 20.6 Å². The number of hydrogen-bond donors (Lipinski definition) is 1. The topological polar surface area (TPSA) is 54.7 Å². The molecule has 1 N–H and O–H groups in total. The molecule has 1 heterocycles. The van der Waals surface area contributed by atoms with E-state index < -0.39 is 0 Å². The lowest BCUT2D eigenvalue weighted by molar-refractivity contribution is 0.0900. The summed E-state index contributed by atoms with van der Waals surface area (Å²) in [5.41, 5.74) is 2.35. The molecule has 0 saturated carbocycles. The molecule has 5 nitrogen and oxygen atoms in total. The largest absolute Gasteiger partial charge is 0.486 e. The van der Waals surface area contributed by atoms with Crippen LogP contribution in [0.2, 0.25) is 5.02 Å². The van der Waals surface area contributed by atoms with Gasteiger partial charge in [0.1, 0.15) is 18.1 Å². The van der Waals surface area contributed by atoms with E-state index in [1.165, 1.54) is 5.56 Å². The lowest BCUT2D eigenvalue weighted by Gasteiger charge is -2.21. The maximum atomic E-state index is 12.9. The molecule has 1 unspecified atom stereocenters. The molecule has 0 aliphatic rings. The second kappa shape index (κ2) is 10.9. The summed E-state index contributed by atoms with van der Waals surface area (Å²) in [4.78, 5) is 15.0. The number of nitrogens with one attached hydrogen (secondary N) is 1. The summed E-state index contributed by atoms with van der Waals surface area (Å²) in [6.45, 7) is 7.62. The zero-order valence-electron chi connectivity index (χ0n) is 20.0. The van der Waals surface area contributed by atoms with Gasteiger partial charge in [-0.25, -0.2) is 0 Å². The van der Waals surface area contributed by atoms with Gasteiger partial charge in [0.15, 0.2) is 5.76 Å². The standard InChI is InChI=1S/C27H33ClN2O3/c1-27(2,3)20-8-12-22(13-9-20)32-18-23-14-15-25(33-23)26(31)29-24(16-17-30(4)5)19-6-10-21(28)11-7-19/h6-15,24H,16-18H2,1-5H3,(H,29,31). The summed E-state index contributed by atoms with van der Waals surface area (Å²) in [7, 11) is 4.02. The molecule has 0 spiro atoms. The van der Waals surface area contributed by atoms with E-state index in [-0.39, 0.29) is 29.7 Å². The minimum absolute atomic E-state index is 0.0955. The van der Waals surface area contributed by atoms with Crippen LogP contribution in [0.5, 0.6) is 5.75 Å². The molecule has 0 aliphatic heterocycles. The average molecular weight is 469 g/mol. The molecule has 0 fully saturated rings. The van der Waals surface area contributed by atoms with Crippen molar-refractivity contribution in [3.8, 4) is 5.75 Å². The third kappa shape index (κ3) is 7.37. The third-order valence-electron chi connectivity index (χ3n) is 5.43. The highest BCUT2D eigenvalue weighted by Gasteiger charge is 2.19. The number of ether oxygens (including phenoxy) is 1. The quantitative estimate of drug-likeness (QED) is 0.404. The van der Waals surface area contributed by atoms with Crippen LogP contribution < -0.4 is 10.1 Å². The first-order valence-electron chi connectivity index (χ1n) is 11.1. The molecular formula is C27H33ClN2O3. The fourth-order valence-corrected chi connectivity index (χ4v) is 3.54. The predicted octanol–water partition coefficient (Wildman–Crippen LogP) is 6.23. The van der Waals surface area contributed by atoms with E-state index in [0.717, 1.165) is 24.3 Å². The molecule has 1 aromatic heterocycles. The minimum Gasteiger partial charge on any atom is -0.486 e. The van der Waals surface area contributed by atoms with E-state index in [1.54, 1.807) is 12.1 Å². The molecule has 0 radical (unpaired) electrons. The van der Waals surface area contributed by atoms with E-state index in [1.807, 2.05) is 50.5 Å². The van der Waals surface area contributed by atoms with Crippen molar-refractivity contribution >= 4 is 17.5 Å². The molecule has 0 aliphatic carbocycles. The van der Waals surface area contributed by atoms with Gasteiger partial charge in [0.2, 0.25) is 0 Å². The monoisotopic (exact) mass is 468 g/mol. The van der Waals surface area contributed by atoms with Crippen molar-refractivity contribution < 1.29 is 13.9 Å². The Morgan fingerprint density at radius 2 is 1.70 bits per heavy atom. The molecule has 0 bridgehead atoms. The fourth-order valence-electron chi connectivity index (χ4n) is 3.42. The van der Waals surface area contributed by atoms with Gasteiger partial charge in [-0.3, -0.25) is 4.79 Å². The molecule has 1 atom stereocenters. The molecule has 176 valence electrons. The highest BCUT2D eigenvalue weighted by molar-refractivity contribution is 6.30. The van der Waals surface area contributed by atoms with E-state index in [0.29, 0.717) is 10.8 Å². The zero-order chi connectivity index (χ0) is 24.0. The molecule has 3 rings (SSSR count). The number of halogens is 1. The number of furan rings is 1. The molecule has 6 heteroatoms. The smallest absolute Gasteiger partial charge is 0.287 e. The van der Waals surface area contributed by atoms with Crippen molar-refractivity contribution in [2.45, 2.75) is 45.3 Å². The Balaban J connectivity index is 1.61. The zero-order valence-corrected chi connectivity index (χ0v) is 20.8. The third-order valence-corrected chi connectivity index (χ3v) is 5.68. The summed E-state index contributed by atoms with van der Waals surface area (Å²) >= 11 is 6.03. The van der Waals surface area contributed by atoms with E-state index >= 15 is 0 Å². The number of hydrogen-bond acceptors (Lipinski definition) is 4. The number of nitrogens with zero attached hydrogens (tertiary/aromatic N) is 1. The number of amides is 1.